The van der Waals surface area contributed by atoms with Crippen LogP contribution < -0.4 is 5.32 Å². The van der Waals surface area contributed by atoms with Crippen LogP contribution in [0.4, 0.5) is 0 Å². The van der Waals surface area contributed by atoms with Crippen molar-refractivity contribution >= 4 is 15.9 Å². The second kappa shape index (κ2) is 6.70. The molecule has 0 fully saturated rings. The highest BCUT2D eigenvalue weighted by atomic mass is 79.9. The van der Waals surface area contributed by atoms with Gasteiger partial charge < -0.3 is 5.32 Å². The van der Waals surface area contributed by atoms with Gasteiger partial charge in [0.1, 0.15) is 0 Å². The second-order valence-electron chi connectivity index (χ2n) is 4.82. The molecule has 1 aromatic heterocycles. The van der Waals surface area contributed by atoms with Crippen molar-refractivity contribution in [1.29, 1.82) is 0 Å². The lowest BCUT2D eigenvalue weighted by Gasteiger charge is -2.04. The number of aromatic nitrogens is 2. The van der Waals surface area contributed by atoms with Gasteiger partial charge in [0.15, 0.2) is 0 Å². The Hall–Kier alpha value is -1.91. The van der Waals surface area contributed by atoms with Gasteiger partial charge in [-0.3, -0.25) is 0 Å². The zero-order valence-corrected chi connectivity index (χ0v) is 13.1. The van der Waals surface area contributed by atoms with E-state index in [1.165, 1.54) is 5.56 Å². The molecule has 3 nitrogen and oxygen atoms in total. The first-order valence-electron chi connectivity index (χ1n) is 6.86. The number of hydrogen-bond donors (Lipinski definition) is 1. The van der Waals surface area contributed by atoms with Crippen molar-refractivity contribution in [3.8, 4) is 5.69 Å². The van der Waals surface area contributed by atoms with Gasteiger partial charge in [-0.05, 0) is 35.9 Å². The fourth-order valence-electron chi connectivity index (χ4n) is 2.16. The van der Waals surface area contributed by atoms with Crippen molar-refractivity contribution in [2.24, 2.45) is 0 Å². The molecule has 0 aliphatic heterocycles. The highest BCUT2D eigenvalue weighted by Crippen LogP contribution is 2.11. The zero-order chi connectivity index (χ0) is 14.5. The smallest absolute Gasteiger partial charge is 0.0766 e. The van der Waals surface area contributed by atoms with Crippen molar-refractivity contribution in [1.82, 2.24) is 15.1 Å². The van der Waals surface area contributed by atoms with Gasteiger partial charge in [-0.2, -0.15) is 5.10 Å². The lowest BCUT2D eigenvalue weighted by molar-refractivity contribution is 0.669. The minimum absolute atomic E-state index is 0.756. The molecule has 0 bridgehead atoms. The Bertz CT molecular complexity index is 707. The van der Waals surface area contributed by atoms with Gasteiger partial charge in [0, 0.05) is 23.8 Å². The summed E-state index contributed by atoms with van der Waals surface area (Å²) in [4.78, 5) is 0. The zero-order valence-electron chi connectivity index (χ0n) is 11.5. The fourth-order valence-corrected chi connectivity index (χ4v) is 2.61. The minimum Gasteiger partial charge on any atom is -0.307 e. The molecule has 1 N–H and O–H groups in total. The maximum absolute atomic E-state index is 4.57. The molecule has 0 saturated carbocycles. The van der Waals surface area contributed by atoms with E-state index in [0.717, 1.165) is 28.9 Å². The van der Waals surface area contributed by atoms with Gasteiger partial charge in [-0.25, -0.2) is 4.68 Å². The molecule has 2 aromatic carbocycles. The number of benzene rings is 2. The van der Waals surface area contributed by atoms with E-state index >= 15 is 0 Å². The molecular formula is C17H16BrN3. The molecule has 0 saturated heterocycles. The molecule has 106 valence electrons. The van der Waals surface area contributed by atoms with Crippen LogP contribution in [0.1, 0.15) is 11.3 Å². The van der Waals surface area contributed by atoms with Crippen molar-refractivity contribution in [2.45, 2.75) is 13.1 Å². The summed E-state index contributed by atoms with van der Waals surface area (Å²) < 4.78 is 3.01. The largest absolute Gasteiger partial charge is 0.307 e. The first kappa shape index (κ1) is 14.0. The van der Waals surface area contributed by atoms with E-state index in [0.29, 0.717) is 0 Å². The van der Waals surface area contributed by atoms with Crippen LogP contribution in [0, 0.1) is 0 Å². The SMILES string of the molecule is Brc1cccc(CNCc2ccn(-c3ccccc3)n2)c1. The van der Waals surface area contributed by atoms with Crippen LogP contribution in [0.5, 0.6) is 0 Å². The van der Waals surface area contributed by atoms with E-state index in [1.54, 1.807) is 0 Å². The molecule has 0 atom stereocenters. The topological polar surface area (TPSA) is 29.9 Å². The van der Waals surface area contributed by atoms with Gasteiger partial charge >= 0.3 is 0 Å². The molecule has 1 heterocycles. The van der Waals surface area contributed by atoms with E-state index in [4.69, 9.17) is 0 Å². The summed E-state index contributed by atoms with van der Waals surface area (Å²) in [6.45, 7) is 1.59. The minimum atomic E-state index is 0.756. The first-order chi connectivity index (χ1) is 10.3. The fraction of sp³-hybridized carbons (Fsp3) is 0.118. The van der Waals surface area contributed by atoms with E-state index in [9.17, 15) is 0 Å². The molecule has 0 aliphatic carbocycles. The number of rotatable bonds is 5. The third-order valence-corrected chi connectivity index (χ3v) is 3.68. The molecule has 0 aliphatic rings. The molecule has 0 radical (unpaired) electrons. The van der Waals surface area contributed by atoms with Gasteiger partial charge in [0.2, 0.25) is 0 Å². The van der Waals surface area contributed by atoms with Crippen LogP contribution in [-0.2, 0) is 13.1 Å². The number of hydrogen-bond acceptors (Lipinski definition) is 2. The maximum Gasteiger partial charge on any atom is 0.0766 e. The Kier molecular flexibility index (Phi) is 4.48. The summed E-state index contributed by atoms with van der Waals surface area (Å²) in [5.74, 6) is 0. The standard InChI is InChI=1S/C17H16BrN3/c18-15-6-4-5-14(11-15)12-19-13-16-9-10-21(20-16)17-7-2-1-3-8-17/h1-11,19H,12-13H2. The molecular weight excluding hydrogens is 326 g/mol. The Morgan fingerprint density at radius 1 is 0.952 bits per heavy atom. The van der Waals surface area contributed by atoms with E-state index in [-0.39, 0.29) is 0 Å². The lowest BCUT2D eigenvalue weighted by Crippen LogP contribution is -2.13. The first-order valence-corrected chi connectivity index (χ1v) is 7.66. The third kappa shape index (κ3) is 3.80. The average Bonchev–Trinajstić information content (AvgIpc) is 2.97. The van der Waals surface area contributed by atoms with Crippen LogP contribution in [-0.4, -0.2) is 9.78 Å². The van der Waals surface area contributed by atoms with E-state index in [1.807, 2.05) is 59.4 Å². The van der Waals surface area contributed by atoms with Crippen LogP contribution in [0.3, 0.4) is 0 Å². The highest BCUT2D eigenvalue weighted by Gasteiger charge is 2.01. The van der Waals surface area contributed by atoms with Crippen LogP contribution in [0.15, 0.2) is 71.3 Å². The normalized spacial score (nSPS) is 10.7. The Labute approximate surface area is 132 Å². The summed E-state index contributed by atoms with van der Waals surface area (Å²) in [5, 5.41) is 7.99. The molecule has 0 amide bonds. The Balaban J connectivity index is 1.58. The van der Waals surface area contributed by atoms with Crippen molar-refractivity contribution < 1.29 is 0 Å². The summed E-state index contributed by atoms with van der Waals surface area (Å²) in [6.07, 6.45) is 1.99. The van der Waals surface area contributed by atoms with Gasteiger partial charge in [-0.15, -0.1) is 0 Å². The highest BCUT2D eigenvalue weighted by molar-refractivity contribution is 9.10. The van der Waals surface area contributed by atoms with Gasteiger partial charge in [-0.1, -0.05) is 46.3 Å². The predicted octanol–water partition coefficient (Wildman–Crippen LogP) is 3.92. The molecule has 21 heavy (non-hydrogen) atoms. The van der Waals surface area contributed by atoms with Crippen LogP contribution in [0.2, 0.25) is 0 Å². The Morgan fingerprint density at radius 2 is 1.81 bits per heavy atom. The number of nitrogens with zero attached hydrogens (tertiary/aromatic N) is 2. The average molecular weight is 342 g/mol. The summed E-state index contributed by atoms with van der Waals surface area (Å²) in [7, 11) is 0. The van der Waals surface area contributed by atoms with Crippen LogP contribution in [0.25, 0.3) is 5.69 Å². The monoisotopic (exact) mass is 341 g/mol. The van der Waals surface area contributed by atoms with Crippen molar-refractivity contribution in [3.05, 3.63) is 82.6 Å². The third-order valence-electron chi connectivity index (χ3n) is 3.19. The maximum atomic E-state index is 4.57. The molecule has 3 rings (SSSR count). The van der Waals surface area contributed by atoms with E-state index in [2.05, 4.69) is 38.5 Å². The molecule has 3 aromatic rings. The molecule has 4 heteroatoms. The molecule has 0 unspecified atom stereocenters. The van der Waals surface area contributed by atoms with Crippen LogP contribution >= 0.6 is 15.9 Å². The Morgan fingerprint density at radius 3 is 2.62 bits per heavy atom. The predicted molar refractivity (Wildman–Crippen MR) is 88.2 cm³/mol. The lowest BCUT2D eigenvalue weighted by atomic mass is 10.2. The van der Waals surface area contributed by atoms with E-state index < -0.39 is 0 Å². The number of halogens is 1. The number of nitrogens with one attached hydrogen (secondary N) is 1. The summed E-state index contributed by atoms with van der Waals surface area (Å²) in [6, 6.07) is 20.5. The van der Waals surface area contributed by atoms with Crippen molar-refractivity contribution in [3.63, 3.8) is 0 Å². The molecule has 0 spiro atoms. The second-order valence-corrected chi connectivity index (χ2v) is 5.74. The van der Waals surface area contributed by atoms with Gasteiger partial charge in [0.05, 0.1) is 11.4 Å². The van der Waals surface area contributed by atoms with Gasteiger partial charge in [0.25, 0.3) is 0 Å². The quantitative estimate of drug-likeness (QED) is 0.762. The van der Waals surface area contributed by atoms with Crippen molar-refractivity contribution in [2.75, 3.05) is 0 Å². The number of para-hydroxylation sites is 1. The summed E-state index contributed by atoms with van der Waals surface area (Å²) >= 11 is 3.48. The summed E-state index contributed by atoms with van der Waals surface area (Å²) in [5.41, 5.74) is 3.37.